The maximum atomic E-state index is 12.1. The fourth-order valence-electron chi connectivity index (χ4n) is 3.11. The average Bonchev–Trinajstić information content (AvgIpc) is 2.74. The Kier molecular flexibility index (Phi) is 7.08. The third-order valence-electron chi connectivity index (χ3n) is 4.66. The highest BCUT2D eigenvalue weighted by Gasteiger charge is 2.10. The third-order valence-corrected chi connectivity index (χ3v) is 4.66. The highest BCUT2D eigenvalue weighted by molar-refractivity contribution is 5.93. The van der Waals surface area contributed by atoms with Gasteiger partial charge in [0.2, 0.25) is 0 Å². The molecule has 30 heavy (non-hydrogen) atoms. The summed E-state index contributed by atoms with van der Waals surface area (Å²) in [7, 11) is 5.75. The molecular formula is C23H27N2O5+. The van der Waals surface area contributed by atoms with Crippen molar-refractivity contribution in [2.75, 3.05) is 40.9 Å². The lowest BCUT2D eigenvalue weighted by molar-refractivity contribution is -0.858. The largest absolute Gasteiger partial charge is 0.497 e. The number of amides is 1. The first-order chi connectivity index (χ1) is 14.5. The summed E-state index contributed by atoms with van der Waals surface area (Å²) in [6, 6.07) is 14.1. The number of carbonyl (C=O) groups is 1. The number of benzene rings is 2. The second-order valence-corrected chi connectivity index (χ2v) is 7.31. The van der Waals surface area contributed by atoms with Gasteiger partial charge in [-0.2, -0.15) is 0 Å². The molecule has 2 N–H and O–H groups in total. The fraction of sp³-hybridized carbons (Fsp3) is 0.304. The number of quaternary nitrogens is 1. The van der Waals surface area contributed by atoms with Gasteiger partial charge in [0.15, 0.2) is 6.61 Å². The zero-order valence-corrected chi connectivity index (χ0v) is 17.5. The van der Waals surface area contributed by atoms with E-state index in [2.05, 4.69) is 19.4 Å². The van der Waals surface area contributed by atoms with Gasteiger partial charge in [-0.1, -0.05) is 12.1 Å². The van der Waals surface area contributed by atoms with Crippen molar-refractivity contribution in [3.8, 4) is 22.6 Å². The maximum Gasteiger partial charge on any atom is 0.336 e. The van der Waals surface area contributed by atoms with Gasteiger partial charge in [0.25, 0.3) is 5.91 Å². The van der Waals surface area contributed by atoms with Crippen molar-refractivity contribution in [3.05, 3.63) is 59.0 Å². The lowest BCUT2D eigenvalue weighted by atomic mass is 10.0. The summed E-state index contributed by atoms with van der Waals surface area (Å²) >= 11 is 0. The van der Waals surface area contributed by atoms with Crippen LogP contribution < -0.4 is 25.3 Å². The van der Waals surface area contributed by atoms with Crippen molar-refractivity contribution < 1.29 is 23.6 Å². The van der Waals surface area contributed by atoms with E-state index < -0.39 is 5.63 Å². The normalized spacial score (nSPS) is 10.9. The molecule has 0 unspecified atom stereocenters. The second kappa shape index (κ2) is 9.93. The standard InChI is InChI=1S/C23H26N2O5/c1-25(2)12-4-11-24-22(26)15-29-18-9-10-19-20(14-23(27)30-21(19)13-18)16-5-7-17(28-3)8-6-16/h5-10,13-14H,4,11-12,15H2,1-3H3,(H,24,26)/p+1. The molecule has 0 aliphatic heterocycles. The van der Waals surface area contributed by atoms with E-state index in [1.165, 1.54) is 11.0 Å². The zero-order valence-electron chi connectivity index (χ0n) is 17.5. The van der Waals surface area contributed by atoms with Crippen LogP contribution in [0, 0.1) is 0 Å². The summed E-state index contributed by atoms with van der Waals surface area (Å²) in [6.07, 6.45) is 0.906. The van der Waals surface area contributed by atoms with Crippen molar-refractivity contribution >= 4 is 16.9 Å². The molecule has 1 amide bonds. The molecule has 7 heteroatoms. The Hall–Kier alpha value is -3.32. The van der Waals surface area contributed by atoms with Gasteiger partial charge in [0, 0.05) is 30.5 Å². The van der Waals surface area contributed by atoms with Gasteiger partial charge in [-0.05, 0) is 35.4 Å². The molecule has 158 valence electrons. The van der Waals surface area contributed by atoms with Crippen LogP contribution in [-0.4, -0.2) is 46.8 Å². The molecule has 0 bridgehead atoms. The lowest BCUT2D eigenvalue weighted by Crippen LogP contribution is -3.05. The summed E-state index contributed by atoms with van der Waals surface area (Å²) in [6.45, 7) is 1.51. The van der Waals surface area contributed by atoms with Crippen LogP contribution in [0.5, 0.6) is 11.5 Å². The average molecular weight is 411 g/mol. The molecule has 0 radical (unpaired) electrons. The minimum Gasteiger partial charge on any atom is -0.497 e. The fourth-order valence-corrected chi connectivity index (χ4v) is 3.11. The Morgan fingerprint density at radius 2 is 1.80 bits per heavy atom. The molecule has 0 fully saturated rings. The van der Waals surface area contributed by atoms with Gasteiger partial charge in [-0.25, -0.2) is 4.79 Å². The molecule has 0 saturated heterocycles. The summed E-state index contributed by atoms with van der Waals surface area (Å²) in [5, 5.41) is 3.61. The number of nitrogens with one attached hydrogen (secondary N) is 2. The smallest absolute Gasteiger partial charge is 0.336 e. The third kappa shape index (κ3) is 5.61. The molecular weight excluding hydrogens is 384 g/mol. The summed E-state index contributed by atoms with van der Waals surface area (Å²) in [4.78, 5) is 25.4. The Bertz CT molecular complexity index is 1060. The van der Waals surface area contributed by atoms with Crippen LogP contribution in [0.2, 0.25) is 0 Å². The topological polar surface area (TPSA) is 82.2 Å². The summed E-state index contributed by atoms with van der Waals surface area (Å²) in [5.41, 5.74) is 1.59. The molecule has 7 nitrogen and oxygen atoms in total. The minimum absolute atomic E-state index is 0.0945. The molecule has 2 aromatic carbocycles. The first-order valence-electron chi connectivity index (χ1n) is 9.87. The van der Waals surface area contributed by atoms with E-state index >= 15 is 0 Å². The van der Waals surface area contributed by atoms with E-state index in [4.69, 9.17) is 13.9 Å². The van der Waals surface area contributed by atoms with Gasteiger partial charge < -0.3 is 24.1 Å². The van der Waals surface area contributed by atoms with Crippen molar-refractivity contribution in [3.63, 3.8) is 0 Å². The molecule has 1 aromatic heterocycles. The Balaban J connectivity index is 1.72. The Morgan fingerprint density at radius 1 is 1.07 bits per heavy atom. The van der Waals surface area contributed by atoms with Gasteiger partial charge in [-0.15, -0.1) is 0 Å². The molecule has 0 aliphatic carbocycles. The number of fused-ring (bicyclic) bond motifs is 1. The molecule has 3 rings (SSSR count). The Morgan fingerprint density at radius 3 is 2.50 bits per heavy atom. The predicted octanol–water partition coefficient (Wildman–Crippen LogP) is 1.50. The van der Waals surface area contributed by atoms with Gasteiger partial charge in [0.05, 0.1) is 27.7 Å². The molecule has 0 saturated carbocycles. The Labute approximate surface area is 175 Å². The van der Waals surface area contributed by atoms with Crippen molar-refractivity contribution in [1.82, 2.24) is 5.32 Å². The monoisotopic (exact) mass is 411 g/mol. The van der Waals surface area contributed by atoms with Gasteiger partial charge in [0.1, 0.15) is 17.1 Å². The zero-order chi connectivity index (χ0) is 21.5. The van der Waals surface area contributed by atoms with E-state index in [0.717, 1.165) is 35.2 Å². The number of hydrogen-bond donors (Lipinski definition) is 2. The van der Waals surface area contributed by atoms with E-state index in [1.807, 2.05) is 30.3 Å². The number of ether oxygens (including phenoxy) is 2. The van der Waals surface area contributed by atoms with Crippen LogP contribution in [0.3, 0.4) is 0 Å². The predicted molar refractivity (Wildman–Crippen MR) is 115 cm³/mol. The first kappa shape index (κ1) is 21.4. The van der Waals surface area contributed by atoms with Crippen LogP contribution >= 0.6 is 0 Å². The summed E-state index contributed by atoms with van der Waals surface area (Å²) in [5.74, 6) is 1.02. The maximum absolute atomic E-state index is 12.1. The number of hydrogen-bond acceptors (Lipinski definition) is 5. The van der Waals surface area contributed by atoms with Crippen molar-refractivity contribution in [2.24, 2.45) is 0 Å². The number of carbonyl (C=O) groups excluding carboxylic acids is 1. The van der Waals surface area contributed by atoms with Crippen LogP contribution in [0.15, 0.2) is 57.7 Å². The highest BCUT2D eigenvalue weighted by Crippen LogP contribution is 2.30. The van der Waals surface area contributed by atoms with Crippen LogP contribution in [0.25, 0.3) is 22.1 Å². The quantitative estimate of drug-likeness (QED) is 0.412. The van der Waals surface area contributed by atoms with Gasteiger partial charge in [-0.3, -0.25) is 4.79 Å². The first-order valence-corrected chi connectivity index (χ1v) is 9.87. The minimum atomic E-state index is -0.453. The highest BCUT2D eigenvalue weighted by atomic mass is 16.5. The number of methoxy groups -OCH3 is 1. The summed E-state index contributed by atoms with van der Waals surface area (Å²) < 4.78 is 16.1. The van der Waals surface area contributed by atoms with Crippen LogP contribution in [-0.2, 0) is 4.79 Å². The van der Waals surface area contributed by atoms with Crippen molar-refractivity contribution in [2.45, 2.75) is 6.42 Å². The molecule has 0 aliphatic rings. The molecule has 1 heterocycles. The van der Waals surface area contributed by atoms with Crippen LogP contribution in [0.4, 0.5) is 0 Å². The number of rotatable bonds is 9. The van der Waals surface area contributed by atoms with E-state index in [1.54, 1.807) is 19.2 Å². The second-order valence-electron chi connectivity index (χ2n) is 7.31. The van der Waals surface area contributed by atoms with E-state index in [-0.39, 0.29) is 12.5 Å². The lowest BCUT2D eigenvalue weighted by Gasteiger charge is -2.10. The molecule has 3 aromatic rings. The van der Waals surface area contributed by atoms with Crippen LogP contribution in [0.1, 0.15) is 6.42 Å². The van der Waals surface area contributed by atoms with Crippen molar-refractivity contribution in [1.29, 1.82) is 0 Å². The SMILES string of the molecule is COc1ccc(-c2cc(=O)oc3cc(OCC(=O)NCCC[NH+](C)C)ccc23)cc1. The molecule has 0 spiro atoms. The van der Waals surface area contributed by atoms with E-state index in [9.17, 15) is 9.59 Å². The molecule has 0 atom stereocenters. The van der Waals surface area contributed by atoms with Gasteiger partial charge >= 0.3 is 5.63 Å². The van der Waals surface area contributed by atoms with E-state index in [0.29, 0.717) is 17.9 Å².